The van der Waals surface area contributed by atoms with Crippen molar-refractivity contribution in [1.29, 1.82) is 0 Å². The highest BCUT2D eigenvalue weighted by molar-refractivity contribution is 5.80. The first kappa shape index (κ1) is 14.8. The molecule has 0 bridgehead atoms. The van der Waals surface area contributed by atoms with Gasteiger partial charge in [0.1, 0.15) is 5.82 Å². The number of hydrogen-bond donors (Lipinski definition) is 2. The number of carbonyl (C=O) groups is 1. The summed E-state index contributed by atoms with van der Waals surface area (Å²) in [7, 11) is 0. The lowest BCUT2D eigenvalue weighted by atomic mass is 10.0. The number of carbonyl (C=O) groups excluding carboxylic acids is 1. The highest BCUT2D eigenvalue weighted by atomic mass is 16.3. The van der Waals surface area contributed by atoms with E-state index in [1.807, 2.05) is 19.1 Å². The summed E-state index contributed by atoms with van der Waals surface area (Å²) in [5.74, 6) is 0.921. The molecule has 22 heavy (non-hydrogen) atoms. The average molecular weight is 299 g/mol. The molecule has 2 N–H and O–H groups in total. The van der Waals surface area contributed by atoms with Gasteiger partial charge in [-0.25, -0.2) is 4.98 Å². The van der Waals surface area contributed by atoms with E-state index < -0.39 is 0 Å². The van der Waals surface area contributed by atoms with Crippen molar-refractivity contribution in [3.8, 4) is 0 Å². The van der Waals surface area contributed by atoms with Gasteiger partial charge in [0.05, 0.1) is 25.0 Å². The van der Waals surface area contributed by atoms with E-state index in [-0.39, 0.29) is 18.4 Å². The third-order valence-corrected chi connectivity index (χ3v) is 4.20. The Labute approximate surface area is 130 Å². The Hall–Kier alpha value is -2.14. The molecule has 0 saturated heterocycles. The predicted octanol–water partition coefficient (Wildman–Crippen LogP) is 1.45. The number of imidazole rings is 1. The van der Waals surface area contributed by atoms with Gasteiger partial charge in [0.2, 0.25) is 5.91 Å². The quantitative estimate of drug-likeness (QED) is 0.878. The number of aryl methyl sites for hydroxylation is 1. The van der Waals surface area contributed by atoms with Gasteiger partial charge < -0.3 is 15.0 Å². The fourth-order valence-corrected chi connectivity index (χ4v) is 3.14. The number of nitrogens with zero attached hydrogens (tertiary/aromatic N) is 2. The van der Waals surface area contributed by atoms with E-state index in [1.54, 1.807) is 11.1 Å². The molecule has 0 aliphatic heterocycles. The third kappa shape index (κ3) is 3.04. The van der Waals surface area contributed by atoms with Crippen LogP contribution in [0.3, 0.4) is 0 Å². The minimum atomic E-state index is -0.0292. The van der Waals surface area contributed by atoms with Crippen molar-refractivity contribution in [2.75, 3.05) is 13.2 Å². The molecule has 0 spiro atoms. The highest BCUT2D eigenvalue weighted by Crippen LogP contribution is 2.28. The van der Waals surface area contributed by atoms with Gasteiger partial charge in [0.15, 0.2) is 0 Å². The molecule has 0 saturated carbocycles. The average Bonchev–Trinajstić information content (AvgIpc) is 3.12. The lowest BCUT2D eigenvalue weighted by Crippen LogP contribution is -2.38. The molecular weight excluding hydrogens is 278 g/mol. The summed E-state index contributed by atoms with van der Waals surface area (Å²) >= 11 is 0. The van der Waals surface area contributed by atoms with Crippen molar-refractivity contribution in [2.45, 2.75) is 26.3 Å². The van der Waals surface area contributed by atoms with Crippen LogP contribution < -0.4 is 0 Å². The van der Waals surface area contributed by atoms with Crippen LogP contribution in [0.1, 0.15) is 22.6 Å². The summed E-state index contributed by atoms with van der Waals surface area (Å²) in [5, 5.41) is 9.27. The van der Waals surface area contributed by atoms with E-state index in [2.05, 4.69) is 22.1 Å². The van der Waals surface area contributed by atoms with Crippen LogP contribution in [0.15, 0.2) is 30.5 Å². The molecule has 1 aromatic heterocycles. The monoisotopic (exact) mass is 299 g/mol. The van der Waals surface area contributed by atoms with Crippen molar-refractivity contribution in [1.82, 2.24) is 14.9 Å². The van der Waals surface area contributed by atoms with Gasteiger partial charge in [-0.2, -0.15) is 0 Å². The fraction of sp³-hybridized carbons (Fsp3) is 0.412. The van der Waals surface area contributed by atoms with Crippen LogP contribution in [0.2, 0.25) is 0 Å². The first-order valence-corrected chi connectivity index (χ1v) is 7.64. The summed E-state index contributed by atoms with van der Waals surface area (Å²) < 4.78 is 0. The smallest absolute Gasteiger partial charge is 0.226 e. The van der Waals surface area contributed by atoms with E-state index in [9.17, 15) is 9.90 Å². The van der Waals surface area contributed by atoms with Crippen LogP contribution in [0.5, 0.6) is 0 Å². The highest BCUT2D eigenvalue weighted by Gasteiger charge is 2.30. The second-order valence-electron chi connectivity index (χ2n) is 5.85. The summed E-state index contributed by atoms with van der Waals surface area (Å²) in [6, 6.07) is 8.23. The molecule has 1 amide bonds. The largest absolute Gasteiger partial charge is 0.395 e. The minimum absolute atomic E-state index is 0.0204. The van der Waals surface area contributed by atoms with Gasteiger partial charge in [-0.05, 0) is 30.9 Å². The molecule has 5 nitrogen and oxygen atoms in total. The topological polar surface area (TPSA) is 69.2 Å². The Morgan fingerprint density at radius 2 is 2.05 bits per heavy atom. The van der Waals surface area contributed by atoms with E-state index >= 15 is 0 Å². The number of amides is 1. The molecule has 0 atom stereocenters. The summed E-state index contributed by atoms with van der Waals surface area (Å²) in [5.41, 5.74) is 3.43. The summed E-state index contributed by atoms with van der Waals surface area (Å²) in [6.07, 6.45) is 3.33. The van der Waals surface area contributed by atoms with Gasteiger partial charge in [0.25, 0.3) is 0 Å². The molecule has 1 aliphatic rings. The van der Waals surface area contributed by atoms with Crippen LogP contribution in [-0.2, 0) is 24.2 Å². The standard InChI is InChI=1S/C17H21N3O2/c1-12-18-10-16(19-12)11-20(6-7-21)17(22)15-8-13-4-2-3-5-14(13)9-15/h2-5,10,15,21H,6-9,11H2,1H3,(H,18,19). The van der Waals surface area contributed by atoms with Gasteiger partial charge in [-0.1, -0.05) is 24.3 Å². The summed E-state index contributed by atoms with van der Waals surface area (Å²) in [6.45, 7) is 2.67. The maximum Gasteiger partial charge on any atom is 0.226 e. The van der Waals surface area contributed by atoms with Gasteiger partial charge in [-0.15, -0.1) is 0 Å². The van der Waals surface area contributed by atoms with Gasteiger partial charge in [-0.3, -0.25) is 4.79 Å². The maximum absolute atomic E-state index is 12.8. The summed E-state index contributed by atoms with van der Waals surface area (Å²) in [4.78, 5) is 21.8. The Bertz CT molecular complexity index is 640. The van der Waals surface area contributed by atoms with Crippen molar-refractivity contribution < 1.29 is 9.90 Å². The van der Waals surface area contributed by atoms with E-state index in [0.717, 1.165) is 24.4 Å². The molecule has 3 rings (SSSR count). The number of fused-ring (bicyclic) bond motifs is 1. The first-order chi connectivity index (χ1) is 10.7. The van der Waals surface area contributed by atoms with Crippen LogP contribution in [0, 0.1) is 12.8 Å². The Balaban J connectivity index is 1.71. The zero-order valence-electron chi connectivity index (χ0n) is 12.7. The number of benzene rings is 1. The molecule has 1 heterocycles. The second kappa shape index (κ2) is 6.32. The number of H-pyrrole nitrogens is 1. The zero-order valence-corrected chi connectivity index (χ0v) is 12.7. The molecule has 0 unspecified atom stereocenters. The molecule has 116 valence electrons. The molecule has 1 aromatic carbocycles. The van der Waals surface area contributed by atoms with Crippen LogP contribution >= 0.6 is 0 Å². The Morgan fingerprint density at radius 1 is 1.36 bits per heavy atom. The minimum Gasteiger partial charge on any atom is -0.395 e. The number of nitrogens with one attached hydrogen (secondary N) is 1. The lowest BCUT2D eigenvalue weighted by Gasteiger charge is -2.24. The third-order valence-electron chi connectivity index (χ3n) is 4.20. The zero-order chi connectivity index (χ0) is 15.5. The van der Waals surface area contributed by atoms with Crippen LogP contribution in [0.25, 0.3) is 0 Å². The van der Waals surface area contributed by atoms with Crippen LogP contribution in [-0.4, -0.2) is 39.0 Å². The van der Waals surface area contributed by atoms with Crippen molar-refractivity contribution >= 4 is 5.91 Å². The molecule has 1 aliphatic carbocycles. The second-order valence-corrected chi connectivity index (χ2v) is 5.85. The van der Waals surface area contributed by atoms with Crippen molar-refractivity contribution in [2.24, 2.45) is 5.92 Å². The molecular formula is C17H21N3O2. The molecule has 0 radical (unpaired) electrons. The Kier molecular flexibility index (Phi) is 4.24. The lowest BCUT2D eigenvalue weighted by molar-refractivity contribution is -0.136. The van der Waals surface area contributed by atoms with Crippen molar-refractivity contribution in [3.05, 3.63) is 53.1 Å². The van der Waals surface area contributed by atoms with Crippen molar-refractivity contribution in [3.63, 3.8) is 0 Å². The van der Waals surface area contributed by atoms with E-state index in [1.165, 1.54) is 11.1 Å². The number of aliphatic hydroxyl groups excluding tert-OH is 1. The number of aliphatic hydroxyl groups is 1. The van der Waals surface area contributed by atoms with Gasteiger partial charge in [0, 0.05) is 12.5 Å². The first-order valence-electron chi connectivity index (χ1n) is 7.64. The number of aromatic nitrogens is 2. The number of hydrogen-bond acceptors (Lipinski definition) is 3. The predicted molar refractivity (Wildman–Crippen MR) is 83.2 cm³/mol. The molecule has 5 heteroatoms. The van der Waals surface area contributed by atoms with Gasteiger partial charge >= 0.3 is 0 Å². The number of aromatic amines is 1. The maximum atomic E-state index is 12.8. The number of rotatable bonds is 5. The Morgan fingerprint density at radius 3 is 2.59 bits per heavy atom. The van der Waals surface area contributed by atoms with E-state index in [4.69, 9.17) is 0 Å². The molecule has 2 aromatic rings. The normalized spacial score (nSPS) is 14.1. The molecule has 0 fully saturated rings. The SMILES string of the molecule is Cc1ncc(CN(CCO)C(=O)C2Cc3ccccc3C2)[nH]1. The fourth-order valence-electron chi connectivity index (χ4n) is 3.14. The van der Waals surface area contributed by atoms with Crippen LogP contribution in [0.4, 0.5) is 0 Å². The van der Waals surface area contributed by atoms with E-state index in [0.29, 0.717) is 13.1 Å².